The second kappa shape index (κ2) is 4.55. The highest BCUT2D eigenvalue weighted by atomic mass is 35.5. The zero-order chi connectivity index (χ0) is 12.4. The summed E-state index contributed by atoms with van der Waals surface area (Å²) in [4.78, 5) is 15.9. The SMILES string of the molecule is Cc1cnc(Cl)c(NC(=O)c2ccnn2C)c1. The van der Waals surface area contributed by atoms with Crippen molar-refractivity contribution in [1.82, 2.24) is 14.8 Å². The van der Waals surface area contributed by atoms with E-state index in [1.807, 2.05) is 6.92 Å². The molecule has 88 valence electrons. The van der Waals surface area contributed by atoms with Crippen molar-refractivity contribution in [2.45, 2.75) is 6.92 Å². The number of carbonyl (C=O) groups excluding carboxylic acids is 1. The number of pyridine rings is 1. The molecule has 0 spiro atoms. The zero-order valence-corrected chi connectivity index (χ0v) is 10.2. The molecule has 0 aliphatic carbocycles. The number of amides is 1. The maximum Gasteiger partial charge on any atom is 0.273 e. The Bertz CT molecular complexity index is 564. The Hall–Kier alpha value is -1.88. The van der Waals surface area contributed by atoms with Crippen LogP contribution in [0.2, 0.25) is 5.15 Å². The maximum absolute atomic E-state index is 11.9. The van der Waals surface area contributed by atoms with Gasteiger partial charge in [-0.05, 0) is 24.6 Å². The van der Waals surface area contributed by atoms with Crippen molar-refractivity contribution in [1.29, 1.82) is 0 Å². The van der Waals surface area contributed by atoms with Crippen molar-refractivity contribution >= 4 is 23.2 Å². The summed E-state index contributed by atoms with van der Waals surface area (Å²) < 4.78 is 1.49. The topological polar surface area (TPSA) is 59.8 Å². The molecule has 1 amide bonds. The third-order valence-corrected chi connectivity index (χ3v) is 2.58. The number of rotatable bonds is 2. The van der Waals surface area contributed by atoms with Gasteiger partial charge in [-0.2, -0.15) is 5.10 Å². The second-order valence-electron chi connectivity index (χ2n) is 3.65. The monoisotopic (exact) mass is 250 g/mol. The average molecular weight is 251 g/mol. The van der Waals surface area contributed by atoms with Crippen LogP contribution in [-0.2, 0) is 7.05 Å². The lowest BCUT2D eigenvalue weighted by atomic mass is 10.3. The van der Waals surface area contributed by atoms with Gasteiger partial charge in [0.2, 0.25) is 0 Å². The van der Waals surface area contributed by atoms with E-state index in [1.165, 1.54) is 4.68 Å². The summed E-state index contributed by atoms with van der Waals surface area (Å²) in [6, 6.07) is 3.40. The Kier molecular flexibility index (Phi) is 3.10. The Labute approximate surface area is 103 Å². The lowest BCUT2D eigenvalue weighted by molar-refractivity contribution is 0.101. The fourth-order valence-corrected chi connectivity index (χ4v) is 1.57. The van der Waals surface area contributed by atoms with Gasteiger partial charge in [0.1, 0.15) is 5.69 Å². The number of nitrogens with one attached hydrogen (secondary N) is 1. The van der Waals surface area contributed by atoms with E-state index in [2.05, 4.69) is 15.4 Å². The van der Waals surface area contributed by atoms with Gasteiger partial charge in [-0.15, -0.1) is 0 Å². The van der Waals surface area contributed by atoms with Crippen molar-refractivity contribution in [3.8, 4) is 0 Å². The predicted molar refractivity (Wildman–Crippen MR) is 65.1 cm³/mol. The predicted octanol–water partition coefficient (Wildman–Crippen LogP) is 2.03. The summed E-state index contributed by atoms with van der Waals surface area (Å²) in [6.07, 6.45) is 3.20. The third kappa shape index (κ3) is 2.45. The van der Waals surface area contributed by atoms with Crippen molar-refractivity contribution in [3.63, 3.8) is 0 Å². The largest absolute Gasteiger partial charge is 0.318 e. The van der Waals surface area contributed by atoms with Gasteiger partial charge in [0, 0.05) is 19.4 Å². The van der Waals surface area contributed by atoms with Gasteiger partial charge >= 0.3 is 0 Å². The number of nitrogens with zero attached hydrogens (tertiary/aromatic N) is 3. The minimum atomic E-state index is -0.265. The molecule has 0 aromatic carbocycles. The van der Waals surface area contributed by atoms with Gasteiger partial charge in [0.25, 0.3) is 5.91 Å². The molecule has 2 rings (SSSR count). The van der Waals surface area contributed by atoms with Crippen LogP contribution in [-0.4, -0.2) is 20.7 Å². The zero-order valence-electron chi connectivity index (χ0n) is 9.44. The number of aromatic nitrogens is 3. The lowest BCUT2D eigenvalue weighted by Gasteiger charge is -2.07. The number of aryl methyl sites for hydroxylation is 2. The van der Waals surface area contributed by atoms with Crippen LogP contribution in [0.15, 0.2) is 24.5 Å². The number of hydrogen-bond acceptors (Lipinski definition) is 3. The molecule has 0 fully saturated rings. The molecule has 0 aliphatic heterocycles. The third-order valence-electron chi connectivity index (χ3n) is 2.28. The highest BCUT2D eigenvalue weighted by molar-refractivity contribution is 6.32. The molecule has 2 heterocycles. The van der Waals surface area contributed by atoms with Crippen LogP contribution in [0.3, 0.4) is 0 Å². The van der Waals surface area contributed by atoms with Crippen LogP contribution in [0.1, 0.15) is 16.1 Å². The maximum atomic E-state index is 11.9. The van der Waals surface area contributed by atoms with Crippen LogP contribution in [0, 0.1) is 6.92 Å². The summed E-state index contributed by atoms with van der Waals surface area (Å²) in [5.74, 6) is -0.265. The molecule has 2 aromatic rings. The van der Waals surface area contributed by atoms with Gasteiger partial charge in [0.15, 0.2) is 5.15 Å². The van der Waals surface area contributed by atoms with E-state index in [4.69, 9.17) is 11.6 Å². The second-order valence-corrected chi connectivity index (χ2v) is 4.00. The van der Waals surface area contributed by atoms with E-state index < -0.39 is 0 Å². The molecule has 2 aromatic heterocycles. The van der Waals surface area contributed by atoms with Crippen LogP contribution in [0.25, 0.3) is 0 Å². The number of halogens is 1. The van der Waals surface area contributed by atoms with E-state index in [1.54, 1.807) is 31.6 Å². The molecular weight excluding hydrogens is 240 g/mol. The number of carbonyl (C=O) groups is 1. The van der Waals surface area contributed by atoms with Gasteiger partial charge in [-0.3, -0.25) is 9.48 Å². The first kappa shape index (κ1) is 11.6. The molecule has 6 heteroatoms. The van der Waals surface area contributed by atoms with Crippen LogP contribution in [0.5, 0.6) is 0 Å². The molecule has 0 saturated carbocycles. The summed E-state index contributed by atoms with van der Waals surface area (Å²) >= 11 is 5.89. The van der Waals surface area contributed by atoms with Crippen molar-refractivity contribution < 1.29 is 4.79 Å². The van der Waals surface area contributed by atoms with E-state index in [0.717, 1.165) is 5.56 Å². The highest BCUT2D eigenvalue weighted by Gasteiger charge is 2.12. The Morgan fingerprint density at radius 2 is 2.29 bits per heavy atom. The molecule has 17 heavy (non-hydrogen) atoms. The standard InChI is InChI=1S/C11H11ClN4O/c1-7-5-8(10(12)13-6-7)15-11(17)9-3-4-14-16(9)2/h3-6H,1-2H3,(H,15,17). The molecule has 0 saturated heterocycles. The lowest BCUT2D eigenvalue weighted by Crippen LogP contribution is -2.16. The highest BCUT2D eigenvalue weighted by Crippen LogP contribution is 2.20. The van der Waals surface area contributed by atoms with Gasteiger partial charge < -0.3 is 5.32 Å². The first-order valence-corrected chi connectivity index (χ1v) is 5.37. The summed E-state index contributed by atoms with van der Waals surface area (Å²) in [5.41, 5.74) is 1.88. The van der Waals surface area contributed by atoms with E-state index in [0.29, 0.717) is 11.4 Å². The molecule has 0 bridgehead atoms. The van der Waals surface area contributed by atoms with Gasteiger partial charge in [-0.1, -0.05) is 11.6 Å². The van der Waals surface area contributed by atoms with Crippen LogP contribution < -0.4 is 5.32 Å². The summed E-state index contributed by atoms with van der Waals surface area (Å²) in [5, 5.41) is 6.90. The number of hydrogen-bond donors (Lipinski definition) is 1. The van der Waals surface area contributed by atoms with Gasteiger partial charge in [0.05, 0.1) is 5.69 Å². The summed E-state index contributed by atoms with van der Waals surface area (Å²) in [7, 11) is 1.70. The minimum absolute atomic E-state index is 0.265. The fourth-order valence-electron chi connectivity index (χ4n) is 1.42. The summed E-state index contributed by atoms with van der Waals surface area (Å²) in [6.45, 7) is 1.88. The van der Waals surface area contributed by atoms with Crippen molar-refractivity contribution in [2.24, 2.45) is 7.05 Å². The fraction of sp³-hybridized carbons (Fsp3) is 0.182. The molecule has 0 atom stereocenters. The Morgan fingerprint density at radius 3 is 2.94 bits per heavy atom. The minimum Gasteiger partial charge on any atom is -0.318 e. The average Bonchev–Trinajstić information content (AvgIpc) is 2.70. The molecule has 0 unspecified atom stereocenters. The molecular formula is C11H11ClN4O. The molecule has 1 N–H and O–H groups in total. The van der Waals surface area contributed by atoms with E-state index in [9.17, 15) is 4.79 Å². The van der Waals surface area contributed by atoms with E-state index in [-0.39, 0.29) is 11.1 Å². The Morgan fingerprint density at radius 1 is 1.53 bits per heavy atom. The van der Waals surface area contributed by atoms with Crippen LogP contribution >= 0.6 is 11.6 Å². The van der Waals surface area contributed by atoms with Crippen molar-refractivity contribution in [3.05, 3.63) is 40.9 Å². The van der Waals surface area contributed by atoms with Crippen LogP contribution in [0.4, 0.5) is 5.69 Å². The first-order valence-electron chi connectivity index (χ1n) is 4.99. The first-order chi connectivity index (χ1) is 8.08. The molecule has 5 nitrogen and oxygen atoms in total. The quantitative estimate of drug-likeness (QED) is 0.830. The number of anilines is 1. The molecule has 0 aliphatic rings. The smallest absolute Gasteiger partial charge is 0.273 e. The van der Waals surface area contributed by atoms with E-state index >= 15 is 0 Å². The molecule has 0 radical (unpaired) electrons. The normalized spacial score (nSPS) is 10.3. The van der Waals surface area contributed by atoms with Gasteiger partial charge in [-0.25, -0.2) is 4.98 Å². The van der Waals surface area contributed by atoms with Crippen molar-refractivity contribution in [2.75, 3.05) is 5.32 Å². The Balaban J connectivity index is 2.24.